The molecule has 4 rings (SSSR count). The number of aromatic nitrogens is 1. The van der Waals surface area contributed by atoms with Crippen molar-refractivity contribution in [3.8, 4) is 0 Å². The van der Waals surface area contributed by atoms with Crippen LogP contribution in [-0.4, -0.2) is 43.4 Å². The highest BCUT2D eigenvalue weighted by atomic mass is 32.2. The molecule has 1 fully saturated rings. The van der Waals surface area contributed by atoms with Crippen molar-refractivity contribution in [3.63, 3.8) is 0 Å². The molecule has 0 radical (unpaired) electrons. The van der Waals surface area contributed by atoms with Crippen molar-refractivity contribution in [3.05, 3.63) is 41.3 Å². The minimum absolute atomic E-state index is 0.106. The van der Waals surface area contributed by atoms with E-state index in [0.717, 1.165) is 12.1 Å². The van der Waals surface area contributed by atoms with Gasteiger partial charge < -0.3 is 9.42 Å². The van der Waals surface area contributed by atoms with E-state index in [0.29, 0.717) is 43.9 Å². The summed E-state index contributed by atoms with van der Waals surface area (Å²) in [5, 5.41) is 3.75. The van der Waals surface area contributed by atoms with Crippen LogP contribution >= 0.6 is 0 Å². The van der Waals surface area contributed by atoms with E-state index in [-0.39, 0.29) is 16.7 Å². The number of anilines is 1. The van der Waals surface area contributed by atoms with Gasteiger partial charge in [-0.2, -0.15) is 4.31 Å². The third-order valence-electron chi connectivity index (χ3n) is 5.52. The summed E-state index contributed by atoms with van der Waals surface area (Å²) < 4.78 is 32.3. The van der Waals surface area contributed by atoms with Crippen molar-refractivity contribution in [1.29, 1.82) is 0 Å². The zero-order valence-corrected chi connectivity index (χ0v) is 16.3. The number of carbonyl (C=O) groups excluding carboxylic acids is 1. The number of rotatable bonds is 3. The Labute approximate surface area is 159 Å². The third kappa shape index (κ3) is 3.06. The molecule has 1 saturated heterocycles. The third-order valence-corrected chi connectivity index (χ3v) is 7.67. The van der Waals surface area contributed by atoms with Gasteiger partial charge in [0.15, 0.2) is 5.76 Å². The second-order valence-corrected chi connectivity index (χ2v) is 9.08. The normalized spacial score (nSPS) is 18.7. The summed E-state index contributed by atoms with van der Waals surface area (Å²) in [4.78, 5) is 15.0. The number of hydrogen-bond acceptors (Lipinski definition) is 5. The van der Waals surface area contributed by atoms with Gasteiger partial charge in [-0.25, -0.2) is 8.42 Å². The molecule has 7 nitrogen and oxygen atoms in total. The number of benzene rings is 1. The van der Waals surface area contributed by atoms with E-state index < -0.39 is 10.0 Å². The maximum atomic E-state index is 13.0. The van der Waals surface area contributed by atoms with Crippen LogP contribution in [-0.2, 0) is 21.2 Å². The molecule has 1 amide bonds. The molecular weight excluding hydrogens is 366 g/mol. The second-order valence-electron chi connectivity index (χ2n) is 7.20. The van der Waals surface area contributed by atoms with Gasteiger partial charge in [0.05, 0.1) is 0 Å². The first-order valence-electron chi connectivity index (χ1n) is 9.22. The van der Waals surface area contributed by atoms with Crippen molar-refractivity contribution in [2.75, 3.05) is 24.5 Å². The van der Waals surface area contributed by atoms with Gasteiger partial charge in [-0.1, -0.05) is 23.4 Å². The summed E-state index contributed by atoms with van der Waals surface area (Å²) in [5.41, 5.74) is 2.57. The van der Waals surface area contributed by atoms with Crippen LogP contribution in [0.2, 0.25) is 0 Å². The average molecular weight is 389 g/mol. The number of carbonyl (C=O) groups is 1. The SMILES string of the molecule is Cc1noc(C)c1S(=O)(=O)N1CCC(C(=O)N2CCc3ccccc32)CC1. The van der Waals surface area contributed by atoms with Crippen molar-refractivity contribution < 1.29 is 17.7 Å². The number of fused-ring (bicyclic) bond motifs is 1. The average Bonchev–Trinajstić information content (AvgIpc) is 3.24. The van der Waals surface area contributed by atoms with E-state index in [1.807, 2.05) is 23.1 Å². The lowest BCUT2D eigenvalue weighted by atomic mass is 9.96. The van der Waals surface area contributed by atoms with Crippen molar-refractivity contribution in [1.82, 2.24) is 9.46 Å². The van der Waals surface area contributed by atoms with E-state index in [9.17, 15) is 13.2 Å². The Morgan fingerprint density at radius 3 is 2.52 bits per heavy atom. The zero-order chi connectivity index (χ0) is 19.2. The predicted molar refractivity (Wildman–Crippen MR) is 100.0 cm³/mol. The van der Waals surface area contributed by atoms with Crippen LogP contribution in [0.4, 0.5) is 5.69 Å². The summed E-state index contributed by atoms with van der Waals surface area (Å²) in [6.45, 7) is 4.60. The van der Waals surface area contributed by atoms with Crippen molar-refractivity contribution >= 4 is 21.6 Å². The van der Waals surface area contributed by atoms with E-state index in [4.69, 9.17) is 4.52 Å². The topological polar surface area (TPSA) is 83.7 Å². The fourth-order valence-corrected chi connectivity index (χ4v) is 5.86. The Hall–Kier alpha value is -2.19. The quantitative estimate of drug-likeness (QED) is 0.804. The minimum Gasteiger partial charge on any atom is -0.360 e. The number of aryl methyl sites for hydroxylation is 2. The fourth-order valence-electron chi connectivity index (χ4n) is 4.10. The first-order valence-corrected chi connectivity index (χ1v) is 10.7. The molecule has 27 heavy (non-hydrogen) atoms. The van der Waals surface area contributed by atoms with Crippen molar-refractivity contribution in [2.24, 2.45) is 5.92 Å². The van der Waals surface area contributed by atoms with E-state index in [1.54, 1.807) is 13.8 Å². The summed E-state index contributed by atoms with van der Waals surface area (Å²) in [6, 6.07) is 7.98. The highest BCUT2D eigenvalue weighted by Gasteiger charge is 2.37. The number of piperidine rings is 1. The van der Waals surface area contributed by atoms with E-state index in [2.05, 4.69) is 11.2 Å². The molecule has 2 aliphatic rings. The summed E-state index contributed by atoms with van der Waals surface area (Å²) in [7, 11) is -3.64. The Balaban J connectivity index is 1.46. The molecule has 1 aromatic carbocycles. The van der Waals surface area contributed by atoms with Gasteiger partial charge >= 0.3 is 0 Å². The predicted octanol–water partition coefficient (Wildman–Crippen LogP) is 2.28. The zero-order valence-electron chi connectivity index (χ0n) is 15.5. The van der Waals surface area contributed by atoms with Gasteiger partial charge in [-0.05, 0) is 44.7 Å². The molecule has 2 aromatic rings. The van der Waals surface area contributed by atoms with Crippen LogP contribution in [0.15, 0.2) is 33.7 Å². The molecule has 0 atom stereocenters. The van der Waals surface area contributed by atoms with Crippen LogP contribution in [0.25, 0.3) is 0 Å². The summed E-state index contributed by atoms with van der Waals surface area (Å²) >= 11 is 0. The Kier molecular flexibility index (Phi) is 4.55. The number of amides is 1. The first kappa shape index (κ1) is 18.2. The van der Waals surface area contributed by atoms with Crippen molar-refractivity contribution in [2.45, 2.75) is 38.0 Å². The van der Waals surface area contributed by atoms with E-state index >= 15 is 0 Å². The van der Waals surface area contributed by atoms with Crippen LogP contribution < -0.4 is 4.90 Å². The highest BCUT2D eigenvalue weighted by molar-refractivity contribution is 7.89. The molecule has 1 aromatic heterocycles. The van der Waals surface area contributed by atoms with Gasteiger partial charge in [0.1, 0.15) is 10.6 Å². The number of hydrogen-bond donors (Lipinski definition) is 0. The van der Waals surface area contributed by atoms with Crippen LogP contribution in [0.1, 0.15) is 29.9 Å². The molecule has 0 bridgehead atoms. The Bertz CT molecular complexity index is 955. The minimum atomic E-state index is -3.64. The maximum absolute atomic E-state index is 13.0. The lowest BCUT2D eigenvalue weighted by molar-refractivity contribution is -0.123. The molecular formula is C19H23N3O4S. The van der Waals surface area contributed by atoms with Gasteiger partial charge in [-0.3, -0.25) is 4.79 Å². The van der Waals surface area contributed by atoms with Gasteiger partial charge in [-0.15, -0.1) is 0 Å². The lowest BCUT2D eigenvalue weighted by Gasteiger charge is -2.32. The van der Waals surface area contributed by atoms with Crippen LogP contribution in [0.5, 0.6) is 0 Å². The lowest BCUT2D eigenvalue weighted by Crippen LogP contribution is -2.44. The standard InChI is InChI=1S/C19H23N3O4S/c1-13-18(14(2)26-20-13)27(24,25)21-10-7-16(8-11-21)19(23)22-12-9-15-5-3-4-6-17(15)22/h3-6,16H,7-12H2,1-2H3. The van der Waals surface area contributed by atoms with Crippen LogP contribution in [0.3, 0.4) is 0 Å². The Morgan fingerprint density at radius 1 is 1.15 bits per heavy atom. The maximum Gasteiger partial charge on any atom is 0.248 e. The molecule has 8 heteroatoms. The molecule has 0 saturated carbocycles. The summed E-state index contributed by atoms with van der Waals surface area (Å²) in [5.74, 6) is 0.265. The Morgan fingerprint density at radius 2 is 1.85 bits per heavy atom. The largest absolute Gasteiger partial charge is 0.360 e. The second kappa shape index (κ2) is 6.76. The molecule has 144 valence electrons. The number of nitrogens with zero attached hydrogens (tertiary/aromatic N) is 3. The van der Waals surface area contributed by atoms with Gasteiger partial charge in [0, 0.05) is 31.2 Å². The fraction of sp³-hybridized carbons (Fsp3) is 0.474. The molecule has 2 aliphatic heterocycles. The summed E-state index contributed by atoms with van der Waals surface area (Å²) in [6.07, 6.45) is 1.93. The molecule has 0 spiro atoms. The highest BCUT2D eigenvalue weighted by Crippen LogP contribution is 2.32. The van der Waals surface area contributed by atoms with Gasteiger partial charge in [0.2, 0.25) is 15.9 Å². The monoisotopic (exact) mass is 389 g/mol. The smallest absolute Gasteiger partial charge is 0.248 e. The molecule has 0 unspecified atom stereocenters. The molecule has 3 heterocycles. The molecule has 0 N–H and O–H groups in total. The van der Waals surface area contributed by atoms with Crippen LogP contribution in [0, 0.1) is 19.8 Å². The van der Waals surface area contributed by atoms with Gasteiger partial charge in [0.25, 0.3) is 0 Å². The first-order chi connectivity index (χ1) is 12.9. The number of para-hydroxylation sites is 1. The molecule has 0 aliphatic carbocycles. The van der Waals surface area contributed by atoms with E-state index in [1.165, 1.54) is 9.87 Å². The number of sulfonamides is 1.